The van der Waals surface area contributed by atoms with Crippen LogP contribution in [0.25, 0.3) is 0 Å². The molecule has 2 N–H and O–H groups in total. The van der Waals surface area contributed by atoms with E-state index < -0.39 is 11.8 Å². The minimum Gasteiger partial charge on any atom is -0.383 e. The number of amides is 3. The zero-order valence-corrected chi connectivity index (χ0v) is 12.0. The number of piperazine rings is 1. The summed E-state index contributed by atoms with van der Waals surface area (Å²) in [6, 6.07) is 0. The number of methoxy groups -OCH3 is 1. The van der Waals surface area contributed by atoms with Crippen molar-refractivity contribution in [2.75, 3.05) is 60.0 Å². The van der Waals surface area contributed by atoms with Crippen molar-refractivity contribution in [2.24, 2.45) is 0 Å². The highest BCUT2D eigenvalue weighted by Gasteiger charge is 2.26. The van der Waals surface area contributed by atoms with Crippen molar-refractivity contribution in [1.82, 2.24) is 20.4 Å². The highest BCUT2D eigenvalue weighted by molar-refractivity contribution is 6.35. The van der Waals surface area contributed by atoms with Gasteiger partial charge < -0.3 is 25.2 Å². The minimum atomic E-state index is -0.659. The normalized spacial score (nSPS) is 14.8. The van der Waals surface area contributed by atoms with Crippen LogP contribution in [0.1, 0.15) is 0 Å². The Morgan fingerprint density at radius 2 is 1.95 bits per heavy atom. The summed E-state index contributed by atoms with van der Waals surface area (Å²) in [4.78, 5) is 38.0. The molecule has 0 aromatic carbocycles. The summed E-state index contributed by atoms with van der Waals surface area (Å²) in [5.74, 6) is -1.53. The number of hydrogen-bond acceptors (Lipinski definition) is 5. The zero-order chi connectivity index (χ0) is 15.0. The van der Waals surface area contributed by atoms with Gasteiger partial charge in [0.05, 0.1) is 13.2 Å². The smallest absolute Gasteiger partial charge is 0.312 e. The van der Waals surface area contributed by atoms with E-state index in [2.05, 4.69) is 10.6 Å². The van der Waals surface area contributed by atoms with E-state index in [-0.39, 0.29) is 12.5 Å². The number of ether oxygens (including phenoxy) is 1. The van der Waals surface area contributed by atoms with E-state index in [4.69, 9.17) is 4.74 Å². The fourth-order valence-corrected chi connectivity index (χ4v) is 1.80. The van der Waals surface area contributed by atoms with Gasteiger partial charge in [-0.05, 0) is 0 Å². The maximum Gasteiger partial charge on any atom is 0.312 e. The lowest BCUT2D eigenvalue weighted by atomic mass is 10.3. The second-order valence-corrected chi connectivity index (χ2v) is 4.55. The average Bonchev–Trinajstić information content (AvgIpc) is 2.46. The van der Waals surface area contributed by atoms with Crippen molar-refractivity contribution < 1.29 is 19.1 Å². The molecule has 0 spiro atoms. The van der Waals surface area contributed by atoms with E-state index in [0.29, 0.717) is 39.3 Å². The Kier molecular flexibility index (Phi) is 6.96. The van der Waals surface area contributed by atoms with Crippen molar-refractivity contribution in [3.05, 3.63) is 0 Å². The van der Waals surface area contributed by atoms with E-state index in [1.807, 2.05) is 0 Å². The fraction of sp³-hybridized carbons (Fsp3) is 0.750. The monoisotopic (exact) mass is 286 g/mol. The van der Waals surface area contributed by atoms with E-state index in [9.17, 15) is 14.4 Å². The van der Waals surface area contributed by atoms with Gasteiger partial charge in [0.25, 0.3) is 0 Å². The summed E-state index contributed by atoms with van der Waals surface area (Å²) in [7, 11) is 2.98. The van der Waals surface area contributed by atoms with Crippen LogP contribution >= 0.6 is 0 Å². The SMILES string of the molecule is COCCNC(=O)CN(C)C(=O)C(=O)N1CCNCC1. The average molecular weight is 286 g/mol. The highest BCUT2D eigenvalue weighted by atomic mass is 16.5. The van der Waals surface area contributed by atoms with Crippen LogP contribution in [0.3, 0.4) is 0 Å². The summed E-state index contributed by atoms with van der Waals surface area (Å²) in [5.41, 5.74) is 0. The van der Waals surface area contributed by atoms with Gasteiger partial charge in [0.2, 0.25) is 5.91 Å². The third-order valence-corrected chi connectivity index (χ3v) is 2.94. The second kappa shape index (κ2) is 8.49. The first-order valence-corrected chi connectivity index (χ1v) is 6.57. The third-order valence-electron chi connectivity index (χ3n) is 2.94. The largest absolute Gasteiger partial charge is 0.383 e. The number of nitrogens with zero attached hydrogens (tertiary/aromatic N) is 2. The van der Waals surface area contributed by atoms with Crippen molar-refractivity contribution in [2.45, 2.75) is 0 Å². The van der Waals surface area contributed by atoms with Crippen molar-refractivity contribution >= 4 is 17.7 Å². The Morgan fingerprint density at radius 3 is 2.55 bits per heavy atom. The Bertz CT molecular complexity index is 355. The van der Waals surface area contributed by atoms with Crippen LogP contribution in [0.15, 0.2) is 0 Å². The molecule has 1 heterocycles. The van der Waals surface area contributed by atoms with E-state index in [1.54, 1.807) is 0 Å². The van der Waals surface area contributed by atoms with E-state index in [1.165, 1.54) is 19.1 Å². The third kappa shape index (κ3) is 5.14. The Labute approximate surface area is 118 Å². The number of carbonyl (C=O) groups excluding carboxylic acids is 3. The topological polar surface area (TPSA) is 91.0 Å². The molecule has 114 valence electrons. The number of carbonyl (C=O) groups is 3. The molecule has 0 radical (unpaired) electrons. The van der Waals surface area contributed by atoms with Crippen molar-refractivity contribution in [1.29, 1.82) is 0 Å². The minimum absolute atomic E-state index is 0.139. The first kappa shape index (κ1) is 16.4. The molecule has 0 unspecified atom stereocenters. The van der Waals surface area contributed by atoms with Crippen LogP contribution in [0.5, 0.6) is 0 Å². The molecular weight excluding hydrogens is 264 g/mol. The standard InChI is InChI=1S/C12H22N4O4/c1-15(9-10(17)14-5-8-20-2)11(18)12(19)16-6-3-13-4-7-16/h13H,3-9H2,1-2H3,(H,14,17). The summed E-state index contributed by atoms with van der Waals surface area (Å²) < 4.78 is 4.80. The van der Waals surface area contributed by atoms with Gasteiger partial charge in [-0.3, -0.25) is 14.4 Å². The van der Waals surface area contributed by atoms with Crippen LogP contribution in [0.2, 0.25) is 0 Å². The maximum atomic E-state index is 11.9. The molecule has 1 rings (SSSR count). The maximum absolute atomic E-state index is 11.9. The molecule has 0 aromatic rings. The molecule has 1 aliphatic rings. The van der Waals surface area contributed by atoms with Gasteiger partial charge in [-0.25, -0.2) is 0 Å². The van der Waals surface area contributed by atoms with Crippen LogP contribution in [0.4, 0.5) is 0 Å². The lowest BCUT2D eigenvalue weighted by Crippen LogP contribution is -2.52. The van der Waals surface area contributed by atoms with Gasteiger partial charge in [0.1, 0.15) is 0 Å². The van der Waals surface area contributed by atoms with Crippen LogP contribution in [0, 0.1) is 0 Å². The van der Waals surface area contributed by atoms with Crippen LogP contribution < -0.4 is 10.6 Å². The van der Waals surface area contributed by atoms with Crippen molar-refractivity contribution in [3.8, 4) is 0 Å². The number of likely N-dealkylation sites (N-methyl/N-ethyl adjacent to an activating group) is 1. The molecule has 3 amide bonds. The molecule has 1 aliphatic heterocycles. The molecule has 0 saturated carbocycles. The lowest BCUT2D eigenvalue weighted by molar-refractivity contribution is -0.152. The number of nitrogens with one attached hydrogen (secondary N) is 2. The van der Waals surface area contributed by atoms with Gasteiger partial charge >= 0.3 is 11.8 Å². The zero-order valence-electron chi connectivity index (χ0n) is 12.0. The van der Waals surface area contributed by atoms with Gasteiger partial charge in [-0.2, -0.15) is 0 Å². The van der Waals surface area contributed by atoms with Gasteiger partial charge in [0.15, 0.2) is 0 Å². The van der Waals surface area contributed by atoms with Crippen LogP contribution in [-0.4, -0.2) is 87.6 Å². The molecule has 1 fully saturated rings. The summed E-state index contributed by atoms with van der Waals surface area (Å²) in [5, 5.41) is 5.70. The molecule has 8 nitrogen and oxygen atoms in total. The lowest BCUT2D eigenvalue weighted by Gasteiger charge is -2.28. The Morgan fingerprint density at radius 1 is 1.30 bits per heavy atom. The van der Waals surface area contributed by atoms with Gasteiger partial charge in [-0.1, -0.05) is 0 Å². The second-order valence-electron chi connectivity index (χ2n) is 4.55. The molecule has 0 aliphatic carbocycles. The summed E-state index contributed by atoms with van der Waals surface area (Å²) in [6.07, 6.45) is 0. The van der Waals surface area contributed by atoms with Crippen LogP contribution in [-0.2, 0) is 19.1 Å². The molecule has 0 atom stereocenters. The molecule has 0 bridgehead atoms. The first-order valence-electron chi connectivity index (χ1n) is 6.57. The van der Waals surface area contributed by atoms with Gasteiger partial charge in [0, 0.05) is 46.9 Å². The Hall–Kier alpha value is -1.67. The summed E-state index contributed by atoms with van der Waals surface area (Å²) in [6.45, 7) is 3.03. The fourth-order valence-electron chi connectivity index (χ4n) is 1.80. The van der Waals surface area contributed by atoms with Gasteiger partial charge in [-0.15, -0.1) is 0 Å². The predicted molar refractivity (Wildman–Crippen MR) is 72.0 cm³/mol. The summed E-state index contributed by atoms with van der Waals surface area (Å²) >= 11 is 0. The first-order chi connectivity index (χ1) is 9.56. The predicted octanol–water partition coefficient (Wildman–Crippen LogP) is -2.36. The molecule has 8 heteroatoms. The molecular formula is C12H22N4O4. The highest BCUT2D eigenvalue weighted by Crippen LogP contribution is 1.97. The number of rotatable bonds is 5. The quantitative estimate of drug-likeness (QED) is 0.436. The number of hydrogen-bond donors (Lipinski definition) is 2. The van der Waals surface area contributed by atoms with E-state index >= 15 is 0 Å². The Balaban J connectivity index is 2.37. The molecule has 20 heavy (non-hydrogen) atoms. The molecule has 1 saturated heterocycles. The van der Waals surface area contributed by atoms with E-state index in [0.717, 1.165) is 4.90 Å². The molecule has 0 aromatic heterocycles. The van der Waals surface area contributed by atoms with Crippen molar-refractivity contribution in [3.63, 3.8) is 0 Å².